The highest BCUT2D eigenvalue weighted by molar-refractivity contribution is 5.93. The smallest absolute Gasteiger partial charge is 0.287 e. The summed E-state index contributed by atoms with van der Waals surface area (Å²) in [4.78, 5) is 28.8. The fraction of sp³-hybridized carbons (Fsp3) is 0.480. The van der Waals surface area contributed by atoms with E-state index in [0.29, 0.717) is 23.5 Å². The van der Waals surface area contributed by atoms with E-state index >= 15 is 0 Å². The molecule has 8 nitrogen and oxygen atoms in total. The number of nitrogens with one attached hydrogen (secondary N) is 2. The lowest BCUT2D eigenvalue weighted by molar-refractivity contribution is 0.0943. The van der Waals surface area contributed by atoms with Crippen LogP contribution in [0.5, 0.6) is 5.75 Å². The van der Waals surface area contributed by atoms with Crippen LogP contribution in [0, 0.1) is 0 Å². The van der Waals surface area contributed by atoms with Gasteiger partial charge in [0, 0.05) is 38.9 Å². The molecule has 5 rings (SSSR count). The van der Waals surface area contributed by atoms with Crippen LogP contribution in [0.15, 0.2) is 36.5 Å². The first-order valence-corrected chi connectivity index (χ1v) is 12.1. The highest BCUT2D eigenvalue weighted by atomic mass is 16.5. The summed E-state index contributed by atoms with van der Waals surface area (Å²) in [5.74, 6) is 1.26. The Hall–Kier alpha value is -3.13. The van der Waals surface area contributed by atoms with E-state index in [9.17, 15) is 4.79 Å². The zero-order chi connectivity index (χ0) is 22.5. The number of imidazole rings is 1. The standard InChI is InChI=1S/C25H32N6O2/c32-25(24-28-20-9-6-12-26-23(20)29-24)27-11-2-3-13-30-14-16-31(17-15-30)21-10-5-8-19-7-1-4-18-33-22(19)21/h5-6,8-10,12H,1-4,7,11,13-18H2,(H,27,32)(H,26,28,29). The van der Waals surface area contributed by atoms with E-state index in [2.05, 4.69) is 48.3 Å². The highest BCUT2D eigenvalue weighted by Gasteiger charge is 2.22. The number of para-hydroxylation sites is 1. The van der Waals surface area contributed by atoms with Gasteiger partial charge in [-0.25, -0.2) is 9.97 Å². The zero-order valence-corrected chi connectivity index (χ0v) is 19.1. The van der Waals surface area contributed by atoms with Crippen LogP contribution in [0.4, 0.5) is 5.69 Å². The molecule has 2 N–H and O–H groups in total. The van der Waals surface area contributed by atoms with Crippen LogP contribution in [0.3, 0.4) is 0 Å². The number of rotatable bonds is 7. The fourth-order valence-electron chi connectivity index (χ4n) is 4.69. The van der Waals surface area contributed by atoms with Gasteiger partial charge < -0.3 is 19.9 Å². The van der Waals surface area contributed by atoms with Gasteiger partial charge in [-0.05, 0) is 62.4 Å². The van der Waals surface area contributed by atoms with Crippen LogP contribution in [-0.4, -0.2) is 71.6 Å². The molecular formula is C25H32N6O2. The van der Waals surface area contributed by atoms with Crippen molar-refractivity contribution in [2.45, 2.75) is 32.1 Å². The molecule has 4 heterocycles. The third-order valence-electron chi connectivity index (χ3n) is 6.53. The van der Waals surface area contributed by atoms with Gasteiger partial charge in [0.05, 0.1) is 12.3 Å². The maximum absolute atomic E-state index is 12.3. The van der Waals surface area contributed by atoms with Crippen LogP contribution in [0.25, 0.3) is 11.2 Å². The maximum atomic E-state index is 12.3. The second-order valence-corrected chi connectivity index (χ2v) is 8.82. The second kappa shape index (κ2) is 10.2. The number of carbonyl (C=O) groups is 1. The summed E-state index contributed by atoms with van der Waals surface area (Å²) >= 11 is 0. The van der Waals surface area contributed by atoms with Gasteiger partial charge in [-0.3, -0.25) is 9.69 Å². The van der Waals surface area contributed by atoms with Crippen LogP contribution in [0.1, 0.15) is 41.9 Å². The number of aromatic nitrogens is 3. The Bertz CT molecular complexity index is 1060. The number of aryl methyl sites for hydroxylation is 1. The fourth-order valence-corrected chi connectivity index (χ4v) is 4.69. The number of nitrogens with zero attached hydrogens (tertiary/aromatic N) is 4. The van der Waals surface area contributed by atoms with E-state index in [1.54, 1.807) is 6.20 Å². The number of benzene rings is 1. The molecule has 2 aromatic heterocycles. The number of piperazine rings is 1. The Morgan fingerprint density at radius 2 is 2.00 bits per heavy atom. The maximum Gasteiger partial charge on any atom is 0.287 e. The topological polar surface area (TPSA) is 86.4 Å². The molecule has 1 amide bonds. The minimum atomic E-state index is -0.175. The first kappa shape index (κ1) is 21.7. The number of aromatic amines is 1. The molecule has 1 saturated heterocycles. The van der Waals surface area contributed by atoms with Gasteiger partial charge in [-0.15, -0.1) is 0 Å². The van der Waals surface area contributed by atoms with Crippen LogP contribution >= 0.6 is 0 Å². The molecule has 8 heteroatoms. The minimum absolute atomic E-state index is 0.175. The van der Waals surface area contributed by atoms with E-state index < -0.39 is 0 Å². The average molecular weight is 449 g/mol. The molecule has 3 aromatic rings. The SMILES string of the molecule is O=C(NCCCCN1CCN(c2cccc3c2OCCCC3)CC1)c1nc2cccnc2[nH]1. The van der Waals surface area contributed by atoms with Crippen LogP contribution in [-0.2, 0) is 6.42 Å². The Kier molecular flexibility index (Phi) is 6.71. The number of carbonyl (C=O) groups excluding carboxylic acids is 1. The van der Waals surface area contributed by atoms with Gasteiger partial charge in [-0.2, -0.15) is 0 Å². The number of pyridine rings is 1. The van der Waals surface area contributed by atoms with Crippen LogP contribution < -0.4 is 15.0 Å². The molecule has 0 spiro atoms. The summed E-state index contributed by atoms with van der Waals surface area (Å²) in [7, 11) is 0. The molecule has 33 heavy (non-hydrogen) atoms. The van der Waals surface area contributed by atoms with E-state index in [4.69, 9.17) is 4.74 Å². The quantitative estimate of drug-likeness (QED) is 0.541. The lowest BCUT2D eigenvalue weighted by atomic mass is 10.1. The number of amides is 1. The monoisotopic (exact) mass is 448 g/mol. The molecular weight excluding hydrogens is 416 g/mol. The van der Waals surface area contributed by atoms with Crippen molar-refractivity contribution in [3.05, 3.63) is 47.9 Å². The van der Waals surface area contributed by atoms with E-state index in [-0.39, 0.29) is 5.91 Å². The van der Waals surface area contributed by atoms with Crippen molar-refractivity contribution in [2.24, 2.45) is 0 Å². The number of unbranched alkanes of at least 4 members (excludes halogenated alkanes) is 1. The Labute approximate surface area is 194 Å². The summed E-state index contributed by atoms with van der Waals surface area (Å²) in [6.45, 7) is 6.70. The lowest BCUT2D eigenvalue weighted by Gasteiger charge is -2.37. The Balaban J connectivity index is 1.03. The van der Waals surface area contributed by atoms with Crippen molar-refractivity contribution in [1.82, 2.24) is 25.2 Å². The lowest BCUT2D eigenvalue weighted by Crippen LogP contribution is -2.46. The van der Waals surface area contributed by atoms with Crippen molar-refractivity contribution in [1.29, 1.82) is 0 Å². The molecule has 174 valence electrons. The molecule has 0 bridgehead atoms. The van der Waals surface area contributed by atoms with Gasteiger partial charge >= 0.3 is 0 Å². The second-order valence-electron chi connectivity index (χ2n) is 8.82. The molecule has 0 aliphatic carbocycles. The number of hydrogen-bond acceptors (Lipinski definition) is 6. The third-order valence-corrected chi connectivity index (χ3v) is 6.53. The predicted octanol–water partition coefficient (Wildman–Crippen LogP) is 3.01. The van der Waals surface area contributed by atoms with Crippen molar-refractivity contribution < 1.29 is 9.53 Å². The number of H-pyrrole nitrogens is 1. The molecule has 1 fully saturated rings. The van der Waals surface area contributed by atoms with Crippen molar-refractivity contribution >= 4 is 22.8 Å². The van der Waals surface area contributed by atoms with Gasteiger partial charge in [0.15, 0.2) is 11.5 Å². The van der Waals surface area contributed by atoms with E-state index in [1.165, 1.54) is 17.7 Å². The van der Waals surface area contributed by atoms with E-state index in [0.717, 1.165) is 70.8 Å². The molecule has 0 radical (unpaired) electrons. The number of hydrogen-bond donors (Lipinski definition) is 2. The predicted molar refractivity (Wildman–Crippen MR) is 129 cm³/mol. The van der Waals surface area contributed by atoms with Crippen molar-refractivity contribution in [2.75, 3.05) is 50.8 Å². The molecule has 0 saturated carbocycles. The summed E-state index contributed by atoms with van der Waals surface area (Å²) < 4.78 is 6.12. The van der Waals surface area contributed by atoms with Gasteiger partial charge in [0.1, 0.15) is 11.3 Å². The summed E-state index contributed by atoms with van der Waals surface area (Å²) in [5.41, 5.74) is 3.96. The van der Waals surface area contributed by atoms with Gasteiger partial charge in [0.25, 0.3) is 5.91 Å². The molecule has 0 atom stereocenters. The first-order valence-electron chi connectivity index (χ1n) is 12.1. The average Bonchev–Trinajstić information content (AvgIpc) is 3.14. The van der Waals surface area contributed by atoms with Crippen molar-refractivity contribution in [3.63, 3.8) is 0 Å². The highest BCUT2D eigenvalue weighted by Crippen LogP contribution is 2.35. The molecule has 2 aliphatic heterocycles. The number of fused-ring (bicyclic) bond motifs is 2. The summed E-state index contributed by atoms with van der Waals surface area (Å²) in [5, 5.41) is 2.96. The summed E-state index contributed by atoms with van der Waals surface area (Å²) in [6.07, 6.45) is 7.16. The van der Waals surface area contributed by atoms with E-state index in [1.807, 2.05) is 12.1 Å². The first-order chi connectivity index (χ1) is 16.3. The van der Waals surface area contributed by atoms with Gasteiger partial charge in [-0.1, -0.05) is 12.1 Å². The third kappa shape index (κ3) is 5.11. The van der Waals surface area contributed by atoms with Crippen molar-refractivity contribution in [3.8, 4) is 5.75 Å². The molecule has 2 aliphatic rings. The number of anilines is 1. The number of ether oxygens (including phenoxy) is 1. The molecule has 1 aromatic carbocycles. The zero-order valence-electron chi connectivity index (χ0n) is 19.1. The van der Waals surface area contributed by atoms with Crippen LogP contribution in [0.2, 0.25) is 0 Å². The summed E-state index contributed by atoms with van der Waals surface area (Å²) in [6, 6.07) is 10.2. The Morgan fingerprint density at radius 1 is 1.09 bits per heavy atom. The largest absolute Gasteiger partial charge is 0.491 e. The minimum Gasteiger partial charge on any atom is -0.491 e. The Morgan fingerprint density at radius 3 is 2.88 bits per heavy atom. The van der Waals surface area contributed by atoms with Gasteiger partial charge in [0.2, 0.25) is 0 Å². The molecule has 0 unspecified atom stereocenters. The normalized spacial score (nSPS) is 16.8.